The van der Waals surface area contributed by atoms with Gasteiger partial charge < -0.3 is 10.6 Å². The molecule has 1 aromatic rings. The standard InChI is InChI=1S/C12H22N4O2S/c1-5-6-14-10-7-13-8-11(16-10)15-9-12(2,3)19(4,17)18/h7-8H,5-6,9H2,1-4H3,(H2,14,15,16). The molecule has 1 heterocycles. The van der Waals surface area contributed by atoms with Gasteiger partial charge in [0, 0.05) is 19.3 Å². The minimum absolute atomic E-state index is 0.289. The maximum atomic E-state index is 11.6. The van der Waals surface area contributed by atoms with E-state index in [0.29, 0.717) is 11.6 Å². The Balaban J connectivity index is 2.68. The number of nitrogens with one attached hydrogen (secondary N) is 2. The number of rotatable bonds is 7. The number of nitrogens with zero attached hydrogens (tertiary/aromatic N) is 2. The molecular formula is C12H22N4O2S. The second-order valence-electron chi connectivity index (χ2n) is 5.10. The summed E-state index contributed by atoms with van der Waals surface area (Å²) >= 11 is 0. The summed E-state index contributed by atoms with van der Waals surface area (Å²) in [5.74, 6) is 1.25. The van der Waals surface area contributed by atoms with Crippen molar-refractivity contribution in [1.82, 2.24) is 9.97 Å². The maximum absolute atomic E-state index is 11.6. The van der Waals surface area contributed by atoms with Gasteiger partial charge in [0.2, 0.25) is 0 Å². The number of aromatic nitrogens is 2. The summed E-state index contributed by atoms with van der Waals surface area (Å²) in [6.45, 7) is 6.55. The van der Waals surface area contributed by atoms with E-state index in [4.69, 9.17) is 0 Å². The fourth-order valence-electron chi connectivity index (χ4n) is 1.22. The Bertz CT molecular complexity index is 514. The molecule has 0 aliphatic carbocycles. The molecule has 0 saturated heterocycles. The molecule has 108 valence electrons. The zero-order valence-electron chi connectivity index (χ0n) is 11.9. The lowest BCUT2D eigenvalue weighted by molar-refractivity contribution is 0.559. The first-order chi connectivity index (χ1) is 8.76. The van der Waals surface area contributed by atoms with Crippen molar-refractivity contribution in [2.24, 2.45) is 0 Å². The Labute approximate surface area is 115 Å². The van der Waals surface area contributed by atoms with Crippen LogP contribution in [0.2, 0.25) is 0 Å². The molecule has 0 saturated carbocycles. The van der Waals surface area contributed by atoms with Crippen LogP contribution < -0.4 is 10.6 Å². The average Bonchev–Trinajstić information content (AvgIpc) is 2.33. The number of anilines is 2. The molecule has 7 heteroatoms. The summed E-state index contributed by atoms with van der Waals surface area (Å²) in [4.78, 5) is 8.38. The second kappa shape index (κ2) is 6.18. The van der Waals surface area contributed by atoms with Crippen LogP contribution in [0.5, 0.6) is 0 Å². The molecule has 0 fully saturated rings. The third kappa shape index (κ3) is 4.66. The van der Waals surface area contributed by atoms with E-state index in [9.17, 15) is 8.42 Å². The first-order valence-electron chi connectivity index (χ1n) is 6.25. The lowest BCUT2D eigenvalue weighted by atomic mass is 10.2. The first-order valence-corrected chi connectivity index (χ1v) is 8.15. The van der Waals surface area contributed by atoms with Gasteiger partial charge in [0.1, 0.15) is 11.6 Å². The van der Waals surface area contributed by atoms with Gasteiger partial charge in [0.15, 0.2) is 9.84 Å². The van der Waals surface area contributed by atoms with E-state index < -0.39 is 14.6 Å². The van der Waals surface area contributed by atoms with Crippen LogP contribution in [0.15, 0.2) is 12.4 Å². The van der Waals surface area contributed by atoms with Crippen LogP contribution in [0.1, 0.15) is 27.2 Å². The van der Waals surface area contributed by atoms with Crippen molar-refractivity contribution < 1.29 is 8.42 Å². The Morgan fingerprint density at radius 1 is 1.21 bits per heavy atom. The molecular weight excluding hydrogens is 264 g/mol. The summed E-state index contributed by atoms with van der Waals surface area (Å²) in [5.41, 5.74) is 0. The minimum Gasteiger partial charge on any atom is -0.369 e. The molecule has 6 nitrogen and oxygen atoms in total. The molecule has 0 aromatic carbocycles. The van der Waals surface area contributed by atoms with Crippen LogP contribution in [-0.2, 0) is 9.84 Å². The minimum atomic E-state index is -3.12. The number of sulfone groups is 1. The van der Waals surface area contributed by atoms with Gasteiger partial charge in [0.25, 0.3) is 0 Å². The SMILES string of the molecule is CCCNc1cncc(NCC(C)(C)S(C)(=O)=O)n1. The number of hydrogen-bond acceptors (Lipinski definition) is 6. The summed E-state index contributed by atoms with van der Waals surface area (Å²) in [6, 6.07) is 0. The van der Waals surface area contributed by atoms with Gasteiger partial charge in [-0.05, 0) is 20.3 Å². The Morgan fingerprint density at radius 2 is 1.79 bits per heavy atom. The topological polar surface area (TPSA) is 84.0 Å². The highest BCUT2D eigenvalue weighted by Crippen LogP contribution is 2.16. The lowest BCUT2D eigenvalue weighted by Crippen LogP contribution is -2.38. The monoisotopic (exact) mass is 286 g/mol. The van der Waals surface area contributed by atoms with Gasteiger partial charge in [0.05, 0.1) is 17.1 Å². The van der Waals surface area contributed by atoms with Crippen LogP contribution in [0.4, 0.5) is 11.6 Å². The molecule has 0 spiro atoms. The fraction of sp³-hybridized carbons (Fsp3) is 0.667. The van der Waals surface area contributed by atoms with Crippen molar-refractivity contribution in [2.45, 2.75) is 31.9 Å². The molecule has 19 heavy (non-hydrogen) atoms. The van der Waals surface area contributed by atoms with Gasteiger partial charge in [-0.25, -0.2) is 13.4 Å². The van der Waals surface area contributed by atoms with E-state index in [-0.39, 0.29) is 6.54 Å². The average molecular weight is 286 g/mol. The molecule has 0 aliphatic heterocycles. The van der Waals surface area contributed by atoms with Crippen LogP contribution in [0.25, 0.3) is 0 Å². The lowest BCUT2D eigenvalue weighted by Gasteiger charge is -2.23. The maximum Gasteiger partial charge on any atom is 0.154 e. The molecule has 0 aliphatic rings. The van der Waals surface area contributed by atoms with Crippen molar-refractivity contribution in [3.63, 3.8) is 0 Å². The predicted molar refractivity (Wildman–Crippen MR) is 78.2 cm³/mol. The first kappa shape index (κ1) is 15.7. The van der Waals surface area contributed by atoms with Crippen molar-refractivity contribution in [2.75, 3.05) is 30.0 Å². The zero-order valence-corrected chi connectivity index (χ0v) is 12.7. The third-order valence-corrected chi connectivity index (χ3v) is 5.04. The van der Waals surface area contributed by atoms with E-state index in [0.717, 1.165) is 13.0 Å². The summed E-state index contributed by atoms with van der Waals surface area (Å²) < 4.78 is 22.3. The van der Waals surface area contributed by atoms with Crippen molar-refractivity contribution in [3.8, 4) is 0 Å². The van der Waals surface area contributed by atoms with Crippen LogP contribution >= 0.6 is 0 Å². The van der Waals surface area contributed by atoms with E-state index in [1.807, 2.05) is 0 Å². The fourth-order valence-corrected chi connectivity index (χ4v) is 1.56. The van der Waals surface area contributed by atoms with Gasteiger partial charge in [-0.2, -0.15) is 0 Å². The van der Waals surface area contributed by atoms with Gasteiger partial charge in [-0.15, -0.1) is 0 Å². The highest BCUT2D eigenvalue weighted by Gasteiger charge is 2.29. The Morgan fingerprint density at radius 3 is 2.32 bits per heavy atom. The van der Waals surface area contributed by atoms with Crippen LogP contribution in [0.3, 0.4) is 0 Å². The smallest absolute Gasteiger partial charge is 0.154 e. The van der Waals surface area contributed by atoms with E-state index in [1.54, 1.807) is 26.2 Å². The molecule has 0 amide bonds. The van der Waals surface area contributed by atoms with E-state index in [2.05, 4.69) is 27.5 Å². The molecule has 1 aromatic heterocycles. The molecule has 0 unspecified atom stereocenters. The molecule has 2 N–H and O–H groups in total. The van der Waals surface area contributed by atoms with Crippen LogP contribution in [-0.4, -0.2) is 42.5 Å². The van der Waals surface area contributed by atoms with Crippen molar-refractivity contribution >= 4 is 21.5 Å². The number of hydrogen-bond donors (Lipinski definition) is 2. The van der Waals surface area contributed by atoms with Gasteiger partial charge in [-0.1, -0.05) is 6.92 Å². The van der Waals surface area contributed by atoms with Crippen molar-refractivity contribution in [3.05, 3.63) is 12.4 Å². The van der Waals surface area contributed by atoms with Gasteiger partial charge in [-0.3, -0.25) is 4.98 Å². The normalized spacial score (nSPS) is 12.2. The van der Waals surface area contributed by atoms with E-state index in [1.165, 1.54) is 6.26 Å². The highest BCUT2D eigenvalue weighted by molar-refractivity contribution is 7.92. The predicted octanol–water partition coefficient (Wildman–Crippen LogP) is 1.53. The summed E-state index contributed by atoms with van der Waals surface area (Å²) in [6.07, 6.45) is 5.46. The molecule has 1 rings (SSSR count). The quantitative estimate of drug-likeness (QED) is 0.791. The van der Waals surface area contributed by atoms with E-state index >= 15 is 0 Å². The van der Waals surface area contributed by atoms with Crippen LogP contribution in [0, 0.1) is 0 Å². The second-order valence-corrected chi connectivity index (χ2v) is 7.75. The summed E-state index contributed by atoms with van der Waals surface area (Å²) in [5, 5.41) is 6.15. The Hall–Kier alpha value is -1.37. The molecule has 0 bridgehead atoms. The third-order valence-electron chi connectivity index (χ3n) is 2.89. The summed E-state index contributed by atoms with van der Waals surface area (Å²) in [7, 11) is -3.12. The van der Waals surface area contributed by atoms with Gasteiger partial charge >= 0.3 is 0 Å². The highest BCUT2D eigenvalue weighted by atomic mass is 32.2. The molecule has 0 radical (unpaired) electrons. The van der Waals surface area contributed by atoms with Crippen molar-refractivity contribution in [1.29, 1.82) is 0 Å². The zero-order chi connectivity index (χ0) is 14.5. The molecule has 0 atom stereocenters. The largest absolute Gasteiger partial charge is 0.369 e. The Kier molecular flexibility index (Phi) is 5.11.